The van der Waals surface area contributed by atoms with Crippen molar-refractivity contribution in [2.75, 3.05) is 0 Å². The molecule has 3 nitrogen and oxygen atoms in total. The Kier molecular flexibility index (Phi) is 3.35. The van der Waals surface area contributed by atoms with Gasteiger partial charge in [0.05, 0.1) is 16.2 Å². The summed E-state index contributed by atoms with van der Waals surface area (Å²) in [6.45, 7) is 0. The highest BCUT2D eigenvalue weighted by Gasteiger charge is 2.15. The third-order valence-electron chi connectivity index (χ3n) is 1.89. The van der Waals surface area contributed by atoms with Crippen molar-refractivity contribution in [3.8, 4) is 0 Å². The van der Waals surface area contributed by atoms with Crippen molar-refractivity contribution in [1.29, 1.82) is 0 Å². The first kappa shape index (κ1) is 11.0. The van der Waals surface area contributed by atoms with E-state index in [-0.39, 0.29) is 11.3 Å². The van der Waals surface area contributed by atoms with Crippen molar-refractivity contribution in [1.82, 2.24) is 9.97 Å². The molecule has 1 atom stereocenters. The zero-order valence-corrected chi connectivity index (χ0v) is 10.7. The first-order valence-electron chi connectivity index (χ1n) is 4.15. The second-order valence-corrected chi connectivity index (χ2v) is 5.04. The van der Waals surface area contributed by atoms with Crippen molar-refractivity contribution >= 4 is 38.9 Å². The van der Waals surface area contributed by atoms with Gasteiger partial charge in [-0.3, -0.25) is 0 Å². The molecule has 0 aromatic carbocycles. The third kappa shape index (κ3) is 2.36. The summed E-state index contributed by atoms with van der Waals surface area (Å²) in [5, 5.41) is 2.19. The molecule has 2 aromatic heterocycles. The molecule has 1 unspecified atom stereocenters. The minimum absolute atomic E-state index is 0.209. The molecule has 0 aliphatic carbocycles. The fourth-order valence-electron chi connectivity index (χ4n) is 1.18. The van der Waals surface area contributed by atoms with Gasteiger partial charge in [-0.15, -0.1) is 11.3 Å². The summed E-state index contributed by atoms with van der Waals surface area (Å²) >= 11 is 10.7. The minimum atomic E-state index is -0.264. The molecule has 2 rings (SSSR count). The molecule has 0 saturated heterocycles. The van der Waals surface area contributed by atoms with Crippen molar-refractivity contribution in [3.05, 3.63) is 44.0 Å². The summed E-state index contributed by atoms with van der Waals surface area (Å²) in [6, 6.07) is 3.66. The number of thiophene rings is 1. The maximum atomic E-state index is 6.06. The normalized spacial score (nSPS) is 12.7. The Morgan fingerprint density at radius 1 is 1.53 bits per heavy atom. The molecule has 0 amide bonds. The first-order valence-corrected chi connectivity index (χ1v) is 6.20. The van der Waals surface area contributed by atoms with Crippen LogP contribution in [0.4, 0.5) is 0 Å². The molecule has 0 aliphatic heterocycles. The quantitative estimate of drug-likeness (QED) is 0.868. The maximum Gasteiger partial charge on any atom is 0.222 e. The number of aromatic nitrogens is 2. The van der Waals surface area contributed by atoms with E-state index in [0.717, 1.165) is 9.35 Å². The van der Waals surface area contributed by atoms with E-state index >= 15 is 0 Å². The van der Waals surface area contributed by atoms with E-state index < -0.39 is 0 Å². The van der Waals surface area contributed by atoms with Gasteiger partial charge in [-0.2, -0.15) is 0 Å². The second kappa shape index (κ2) is 4.57. The second-order valence-electron chi connectivity index (χ2n) is 2.87. The Labute approximate surface area is 104 Å². The highest BCUT2D eigenvalue weighted by molar-refractivity contribution is 9.10. The average molecular weight is 305 g/mol. The molecule has 2 N–H and O–H groups in total. The molecular formula is C9H7BrClN3S. The number of nitrogens with two attached hydrogens (primary N) is 1. The van der Waals surface area contributed by atoms with Gasteiger partial charge in [0.2, 0.25) is 5.28 Å². The highest BCUT2D eigenvalue weighted by atomic mass is 79.9. The monoisotopic (exact) mass is 303 g/mol. The van der Waals surface area contributed by atoms with Gasteiger partial charge >= 0.3 is 0 Å². The molecule has 2 aromatic rings. The SMILES string of the molecule is NC(c1cccs1)c1nc(Cl)ncc1Br. The smallest absolute Gasteiger partial charge is 0.222 e. The lowest BCUT2D eigenvalue weighted by molar-refractivity contribution is 0.829. The Hall–Kier alpha value is -0.490. The van der Waals surface area contributed by atoms with Gasteiger partial charge in [-0.1, -0.05) is 6.07 Å². The van der Waals surface area contributed by atoms with E-state index in [2.05, 4.69) is 25.9 Å². The zero-order chi connectivity index (χ0) is 10.8. The zero-order valence-electron chi connectivity index (χ0n) is 7.52. The standard InChI is InChI=1S/C9H7BrClN3S/c10-5-4-13-9(11)14-8(5)7(12)6-2-1-3-15-6/h1-4,7H,12H2. The lowest BCUT2D eigenvalue weighted by atomic mass is 10.2. The molecule has 15 heavy (non-hydrogen) atoms. The summed E-state index contributed by atoms with van der Waals surface area (Å²) < 4.78 is 0.771. The molecular weight excluding hydrogens is 298 g/mol. The van der Waals surface area contributed by atoms with Crippen LogP contribution in [0.1, 0.15) is 16.6 Å². The average Bonchev–Trinajstić information content (AvgIpc) is 2.74. The largest absolute Gasteiger partial charge is 0.318 e. The van der Waals surface area contributed by atoms with E-state index in [1.54, 1.807) is 17.5 Å². The summed E-state index contributed by atoms with van der Waals surface area (Å²) in [5.41, 5.74) is 6.77. The predicted octanol–water partition coefficient (Wildman–Crippen LogP) is 3.00. The van der Waals surface area contributed by atoms with Crippen LogP contribution in [0, 0.1) is 0 Å². The van der Waals surface area contributed by atoms with Gasteiger partial charge in [0.15, 0.2) is 0 Å². The predicted molar refractivity (Wildman–Crippen MR) is 65.1 cm³/mol. The van der Waals surface area contributed by atoms with Gasteiger partial charge in [0.1, 0.15) is 0 Å². The molecule has 0 fully saturated rings. The topological polar surface area (TPSA) is 51.8 Å². The summed E-state index contributed by atoms with van der Waals surface area (Å²) in [4.78, 5) is 9.02. The van der Waals surface area contributed by atoms with Crippen LogP contribution in [0.15, 0.2) is 28.2 Å². The van der Waals surface area contributed by atoms with E-state index in [1.165, 1.54) is 0 Å². The Morgan fingerprint density at radius 2 is 2.33 bits per heavy atom. The first-order chi connectivity index (χ1) is 7.18. The number of hydrogen-bond donors (Lipinski definition) is 1. The molecule has 6 heteroatoms. The Morgan fingerprint density at radius 3 is 3.00 bits per heavy atom. The number of halogens is 2. The van der Waals surface area contributed by atoms with Crippen LogP contribution in [0.3, 0.4) is 0 Å². The summed E-state index contributed by atoms with van der Waals surface area (Å²) in [6.07, 6.45) is 1.61. The molecule has 0 bridgehead atoms. The Balaban J connectivity index is 2.41. The van der Waals surface area contributed by atoms with Gasteiger partial charge in [0.25, 0.3) is 0 Å². The lowest BCUT2D eigenvalue weighted by Crippen LogP contribution is -2.13. The molecule has 78 valence electrons. The van der Waals surface area contributed by atoms with Crippen molar-refractivity contribution in [3.63, 3.8) is 0 Å². The summed E-state index contributed by atoms with van der Waals surface area (Å²) in [7, 11) is 0. The summed E-state index contributed by atoms with van der Waals surface area (Å²) in [5.74, 6) is 0. The molecule has 0 spiro atoms. The lowest BCUT2D eigenvalue weighted by Gasteiger charge is -2.10. The number of rotatable bonds is 2. The Bertz CT molecular complexity index is 460. The van der Waals surface area contributed by atoms with E-state index in [0.29, 0.717) is 5.69 Å². The van der Waals surface area contributed by atoms with E-state index in [9.17, 15) is 0 Å². The van der Waals surface area contributed by atoms with Crippen molar-refractivity contribution < 1.29 is 0 Å². The third-order valence-corrected chi connectivity index (χ3v) is 3.63. The molecule has 0 aliphatic rings. The number of hydrogen-bond acceptors (Lipinski definition) is 4. The fraction of sp³-hybridized carbons (Fsp3) is 0.111. The van der Waals surface area contributed by atoms with Crippen LogP contribution in [0.25, 0.3) is 0 Å². The van der Waals surface area contributed by atoms with Gasteiger partial charge in [0, 0.05) is 11.1 Å². The van der Waals surface area contributed by atoms with Crippen LogP contribution >= 0.6 is 38.9 Å². The van der Waals surface area contributed by atoms with Crippen LogP contribution in [-0.2, 0) is 0 Å². The molecule has 0 radical (unpaired) electrons. The van der Waals surface area contributed by atoms with Crippen molar-refractivity contribution in [2.45, 2.75) is 6.04 Å². The molecule has 0 saturated carbocycles. The van der Waals surface area contributed by atoms with Crippen LogP contribution in [0.5, 0.6) is 0 Å². The highest BCUT2D eigenvalue weighted by Crippen LogP contribution is 2.27. The minimum Gasteiger partial charge on any atom is -0.318 e. The van der Waals surface area contributed by atoms with Crippen molar-refractivity contribution in [2.24, 2.45) is 5.73 Å². The number of nitrogens with zero attached hydrogens (tertiary/aromatic N) is 2. The van der Waals surface area contributed by atoms with Crippen LogP contribution < -0.4 is 5.73 Å². The van der Waals surface area contributed by atoms with Gasteiger partial charge in [-0.25, -0.2) is 9.97 Å². The van der Waals surface area contributed by atoms with E-state index in [4.69, 9.17) is 17.3 Å². The van der Waals surface area contributed by atoms with Gasteiger partial charge < -0.3 is 5.73 Å². The van der Waals surface area contributed by atoms with Crippen LogP contribution in [-0.4, -0.2) is 9.97 Å². The molecule has 2 heterocycles. The fourth-order valence-corrected chi connectivity index (χ4v) is 2.49. The maximum absolute atomic E-state index is 6.06. The van der Waals surface area contributed by atoms with E-state index in [1.807, 2.05) is 17.5 Å². The van der Waals surface area contributed by atoms with Crippen LogP contribution in [0.2, 0.25) is 5.28 Å². The van der Waals surface area contributed by atoms with Gasteiger partial charge in [-0.05, 0) is 39.0 Å².